The summed E-state index contributed by atoms with van der Waals surface area (Å²) in [5, 5.41) is 12.8. The summed E-state index contributed by atoms with van der Waals surface area (Å²) < 4.78 is 8.06. The van der Waals surface area contributed by atoms with Crippen molar-refractivity contribution >= 4 is 17.1 Å². The number of nitrogens with one attached hydrogen (secondary N) is 2. The van der Waals surface area contributed by atoms with E-state index in [9.17, 15) is 14.7 Å². The molecular weight excluding hydrogens is 302 g/mol. The minimum atomic E-state index is -0.687. The molecule has 3 aromatic heterocycles. The fourth-order valence-corrected chi connectivity index (χ4v) is 2.39. The molecular formula is C14H17N5O4. The molecule has 3 N–H and O–H groups in total. The molecule has 23 heavy (non-hydrogen) atoms. The van der Waals surface area contributed by atoms with Crippen LogP contribution in [0.4, 0.5) is 5.95 Å². The molecule has 0 spiro atoms. The summed E-state index contributed by atoms with van der Waals surface area (Å²) in [6.07, 6.45) is 0.873. The van der Waals surface area contributed by atoms with Crippen molar-refractivity contribution in [3.05, 3.63) is 45.0 Å². The first kappa shape index (κ1) is 15.1. The van der Waals surface area contributed by atoms with Gasteiger partial charge in [-0.1, -0.05) is 0 Å². The summed E-state index contributed by atoms with van der Waals surface area (Å²) in [6.45, 7) is 2.14. The van der Waals surface area contributed by atoms with Crippen molar-refractivity contribution in [2.75, 3.05) is 5.32 Å². The lowest BCUT2D eigenvalue weighted by Crippen LogP contribution is -2.29. The molecule has 3 rings (SSSR count). The Bertz CT molecular complexity index is 933. The van der Waals surface area contributed by atoms with Crippen LogP contribution in [0.1, 0.15) is 12.7 Å². The van der Waals surface area contributed by atoms with Gasteiger partial charge in [0.25, 0.3) is 5.56 Å². The number of aromatic nitrogens is 4. The van der Waals surface area contributed by atoms with E-state index < -0.39 is 17.4 Å². The molecule has 3 heterocycles. The molecule has 0 fully saturated rings. The molecule has 9 heteroatoms. The third kappa shape index (κ3) is 2.78. The van der Waals surface area contributed by atoms with Crippen LogP contribution in [0.25, 0.3) is 11.2 Å². The van der Waals surface area contributed by atoms with Crippen LogP contribution in [0.3, 0.4) is 0 Å². The van der Waals surface area contributed by atoms with E-state index in [1.54, 1.807) is 29.9 Å². The number of aromatic amines is 1. The first-order chi connectivity index (χ1) is 11.0. The Hall–Kier alpha value is -2.81. The molecule has 0 unspecified atom stereocenters. The second-order valence-corrected chi connectivity index (χ2v) is 5.32. The van der Waals surface area contributed by atoms with Crippen molar-refractivity contribution in [1.29, 1.82) is 0 Å². The largest absolute Gasteiger partial charge is 0.467 e. The quantitative estimate of drug-likeness (QED) is 0.609. The maximum absolute atomic E-state index is 12.1. The first-order valence-corrected chi connectivity index (χ1v) is 7.11. The van der Waals surface area contributed by atoms with Gasteiger partial charge in [-0.25, -0.2) is 4.79 Å². The third-order valence-electron chi connectivity index (χ3n) is 3.45. The first-order valence-electron chi connectivity index (χ1n) is 7.11. The van der Waals surface area contributed by atoms with Crippen molar-refractivity contribution in [1.82, 2.24) is 19.1 Å². The Balaban J connectivity index is 2.11. The van der Waals surface area contributed by atoms with Gasteiger partial charge in [0, 0.05) is 7.05 Å². The summed E-state index contributed by atoms with van der Waals surface area (Å²) in [5.41, 5.74) is -0.597. The van der Waals surface area contributed by atoms with Gasteiger partial charge in [0.15, 0.2) is 11.2 Å². The molecule has 0 bridgehead atoms. The lowest BCUT2D eigenvalue weighted by molar-refractivity contribution is 0.175. The molecule has 0 aliphatic carbocycles. The second-order valence-electron chi connectivity index (χ2n) is 5.32. The number of hydrogen-bond donors (Lipinski definition) is 3. The number of aliphatic hydroxyl groups is 1. The standard InChI is InChI=1S/C14H17N5O4/c1-8(20)7-19-10-11(18(2)14(22)17-12(10)21)16-13(19)15-6-9-4-3-5-23-9/h3-5,8,20H,6-7H2,1-2H3,(H,15,16)(H,17,21,22)/t8-/m0/s1. The van der Waals surface area contributed by atoms with Gasteiger partial charge in [0.2, 0.25) is 5.95 Å². The van der Waals surface area contributed by atoms with Gasteiger partial charge < -0.3 is 19.4 Å². The van der Waals surface area contributed by atoms with E-state index in [4.69, 9.17) is 4.42 Å². The Kier molecular flexibility index (Phi) is 3.78. The number of nitrogens with zero attached hydrogens (tertiary/aromatic N) is 3. The Labute approximate surface area is 130 Å². The maximum atomic E-state index is 12.1. The number of aliphatic hydroxyl groups excluding tert-OH is 1. The highest BCUT2D eigenvalue weighted by atomic mass is 16.3. The van der Waals surface area contributed by atoms with Gasteiger partial charge >= 0.3 is 5.69 Å². The van der Waals surface area contributed by atoms with Crippen LogP contribution in [-0.2, 0) is 20.1 Å². The van der Waals surface area contributed by atoms with Crippen molar-refractivity contribution in [2.45, 2.75) is 26.1 Å². The summed E-state index contributed by atoms with van der Waals surface area (Å²) >= 11 is 0. The zero-order chi connectivity index (χ0) is 16.6. The molecule has 0 aliphatic heterocycles. The molecule has 0 radical (unpaired) electrons. The number of aryl methyl sites for hydroxylation is 1. The molecule has 0 aliphatic rings. The van der Waals surface area contributed by atoms with Crippen LogP contribution in [0.15, 0.2) is 32.4 Å². The smallest absolute Gasteiger partial charge is 0.329 e. The summed E-state index contributed by atoms with van der Waals surface area (Å²) in [6, 6.07) is 3.57. The average molecular weight is 319 g/mol. The Morgan fingerprint density at radius 3 is 2.91 bits per heavy atom. The highest BCUT2D eigenvalue weighted by Crippen LogP contribution is 2.17. The third-order valence-corrected chi connectivity index (χ3v) is 3.45. The Morgan fingerprint density at radius 1 is 1.48 bits per heavy atom. The number of rotatable bonds is 5. The number of fused-ring (bicyclic) bond motifs is 1. The van der Waals surface area contributed by atoms with Crippen molar-refractivity contribution < 1.29 is 9.52 Å². The molecule has 0 saturated carbocycles. The highest BCUT2D eigenvalue weighted by Gasteiger charge is 2.18. The van der Waals surface area contributed by atoms with Gasteiger partial charge in [-0.15, -0.1) is 0 Å². The molecule has 9 nitrogen and oxygen atoms in total. The van der Waals surface area contributed by atoms with Crippen LogP contribution in [0.2, 0.25) is 0 Å². The summed E-state index contributed by atoms with van der Waals surface area (Å²) in [5.74, 6) is 1.08. The van der Waals surface area contributed by atoms with E-state index in [2.05, 4.69) is 15.3 Å². The fraction of sp³-hybridized carbons (Fsp3) is 0.357. The van der Waals surface area contributed by atoms with E-state index in [0.717, 1.165) is 0 Å². The number of imidazole rings is 1. The number of anilines is 1. The lowest BCUT2D eigenvalue weighted by Gasteiger charge is -2.11. The normalized spacial score (nSPS) is 12.7. The minimum absolute atomic E-state index is 0.165. The summed E-state index contributed by atoms with van der Waals surface area (Å²) in [4.78, 5) is 30.4. The second kappa shape index (κ2) is 5.76. The highest BCUT2D eigenvalue weighted by molar-refractivity contribution is 5.74. The van der Waals surface area contributed by atoms with E-state index in [1.807, 2.05) is 0 Å². The SMILES string of the molecule is C[C@H](O)Cn1c(NCc2ccco2)nc2c1c(=O)[nH]c(=O)n2C. The van der Waals surface area contributed by atoms with Gasteiger partial charge in [-0.05, 0) is 19.1 Å². The number of furan rings is 1. The monoisotopic (exact) mass is 319 g/mol. The molecule has 3 aromatic rings. The number of hydrogen-bond acceptors (Lipinski definition) is 6. The lowest BCUT2D eigenvalue weighted by atomic mass is 10.4. The number of H-pyrrole nitrogens is 1. The van der Waals surface area contributed by atoms with Crippen molar-refractivity contribution in [3.63, 3.8) is 0 Å². The van der Waals surface area contributed by atoms with E-state index in [0.29, 0.717) is 18.3 Å². The molecule has 0 saturated heterocycles. The predicted molar refractivity (Wildman–Crippen MR) is 83.3 cm³/mol. The van der Waals surface area contributed by atoms with Crippen LogP contribution >= 0.6 is 0 Å². The van der Waals surface area contributed by atoms with Gasteiger partial charge in [0.1, 0.15) is 5.76 Å². The molecule has 1 atom stereocenters. The maximum Gasteiger partial charge on any atom is 0.329 e. The average Bonchev–Trinajstić information content (AvgIpc) is 3.10. The fourth-order valence-electron chi connectivity index (χ4n) is 2.39. The van der Waals surface area contributed by atoms with E-state index in [-0.39, 0.29) is 17.7 Å². The molecule has 0 aromatic carbocycles. The molecule has 0 amide bonds. The van der Waals surface area contributed by atoms with Crippen LogP contribution in [0.5, 0.6) is 0 Å². The minimum Gasteiger partial charge on any atom is -0.467 e. The van der Waals surface area contributed by atoms with E-state index >= 15 is 0 Å². The van der Waals surface area contributed by atoms with Gasteiger partial charge in [-0.2, -0.15) is 4.98 Å². The topological polar surface area (TPSA) is 118 Å². The van der Waals surface area contributed by atoms with Gasteiger partial charge in [0.05, 0.1) is 25.5 Å². The Morgan fingerprint density at radius 2 is 2.26 bits per heavy atom. The van der Waals surface area contributed by atoms with Crippen LogP contribution in [0, 0.1) is 0 Å². The zero-order valence-electron chi connectivity index (χ0n) is 12.7. The predicted octanol–water partition coefficient (Wildman–Crippen LogP) is 0.00920. The van der Waals surface area contributed by atoms with Crippen LogP contribution in [-0.4, -0.2) is 30.3 Å². The van der Waals surface area contributed by atoms with Crippen molar-refractivity contribution in [3.8, 4) is 0 Å². The summed E-state index contributed by atoms with van der Waals surface area (Å²) in [7, 11) is 1.52. The van der Waals surface area contributed by atoms with E-state index in [1.165, 1.54) is 11.6 Å². The van der Waals surface area contributed by atoms with Gasteiger partial charge in [-0.3, -0.25) is 14.3 Å². The van der Waals surface area contributed by atoms with Crippen LogP contribution < -0.4 is 16.6 Å². The molecule has 122 valence electrons. The zero-order valence-corrected chi connectivity index (χ0v) is 12.7. The van der Waals surface area contributed by atoms with Crippen molar-refractivity contribution in [2.24, 2.45) is 7.05 Å².